The van der Waals surface area contributed by atoms with Crippen LogP contribution < -0.4 is 5.32 Å². The summed E-state index contributed by atoms with van der Waals surface area (Å²) in [6.07, 6.45) is 5.50. The Hall–Kier alpha value is -2.20. The van der Waals surface area contributed by atoms with Crippen molar-refractivity contribution in [1.82, 2.24) is 5.32 Å². The van der Waals surface area contributed by atoms with Gasteiger partial charge < -0.3 is 34.8 Å². The molecule has 9 nitrogen and oxygen atoms in total. The molecule has 1 aliphatic heterocycles. The summed E-state index contributed by atoms with van der Waals surface area (Å²) in [5.41, 5.74) is -2.12. The largest absolute Gasteiger partial charge is 0.460 e. The van der Waals surface area contributed by atoms with Crippen molar-refractivity contribution in [2.75, 3.05) is 0 Å². The van der Waals surface area contributed by atoms with Gasteiger partial charge in [-0.05, 0) is 138 Å². The van der Waals surface area contributed by atoms with Crippen molar-refractivity contribution in [3.63, 3.8) is 0 Å². The lowest BCUT2D eigenvalue weighted by Gasteiger charge is -2.64. The van der Waals surface area contributed by atoms with E-state index in [1.807, 2.05) is 44.2 Å². The van der Waals surface area contributed by atoms with E-state index in [1.54, 1.807) is 20.8 Å². The molecular weight excluding hydrogens is 670 g/mol. The van der Waals surface area contributed by atoms with Gasteiger partial charge in [-0.3, -0.25) is 0 Å². The highest BCUT2D eigenvalue weighted by Crippen LogP contribution is 2.89. The van der Waals surface area contributed by atoms with Gasteiger partial charge in [0.1, 0.15) is 17.7 Å². The molecule has 1 saturated heterocycles. The number of benzene rings is 1. The van der Waals surface area contributed by atoms with E-state index in [9.17, 15) is 24.9 Å². The van der Waals surface area contributed by atoms with Crippen molar-refractivity contribution in [2.24, 2.45) is 44.8 Å². The van der Waals surface area contributed by atoms with Crippen LogP contribution in [-0.2, 0) is 25.4 Å². The van der Waals surface area contributed by atoms with E-state index in [1.165, 1.54) is 0 Å². The number of esters is 1. The molecule has 1 amide bonds. The number of aliphatic hydroxyl groups excluding tert-OH is 2. The van der Waals surface area contributed by atoms with Gasteiger partial charge in [0.2, 0.25) is 0 Å². The minimum absolute atomic E-state index is 0.0394. The van der Waals surface area contributed by atoms with E-state index in [-0.39, 0.29) is 51.9 Å². The number of rotatable bonds is 7. The van der Waals surface area contributed by atoms with Gasteiger partial charge in [0, 0.05) is 17.8 Å². The van der Waals surface area contributed by atoms with Gasteiger partial charge in [0.15, 0.2) is 0 Å². The van der Waals surface area contributed by atoms with Crippen LogP contribution in [0, 0.1) is 44.8 Å². The summed E-state index contributed by atoms with van der Waals surface area (Å²) in [6, 6.07) is 8.68. The third kappa shape index (κ3) is 5.99. The van der Waals surface area contributed by atoms with Crippen molar-refractivity contribution < 1.29 is 39.1 Å². The Balaban J connectivity index is 1.11. The molecule has 296 valence electrons. The number of amides is 1. The predicted octanol–water partition coefficient (Wildman–Crippen LogP) is 7.12. The maximum absolute atomic E-state index is 14.0. The standard InChI is InChI=1S/C44H67NO8/c1-37(2,3)53-36(49)45-27(22-26-14-12-11-13-15-26)35(48)51-31-17-19-44-25-43(44)21-20-40(8)34(42(10)18-16-32(52-42)39(6,7)50)29(47)24-41(40,9)30(43)23-28(46)33(44)38(31,4)5/h11-15,27-34,46-47,50H,16-25H2,1-10H3,(H,45,49)/t27-,28-,29-,30?,31-,32-,33-,34-,40+,41-,42+,43?,44+/m0/s1. The molecule has 0 bridgehead atoms. The number of hydrogen-bond acceptors (Lipinski definition) is 8. The zero-order valence-corrected chi connectivity index (χ0v) is 34.0. The van der Waals surface area contributed by atoms with Crippen LogP contribution >= 0.6 is 0 Å². The zero-order valence-electron chi connectivity index (χ0n) is 34.0. The lowest BCUT2D eigenvalue weighted by atomic mass is 9.41. The fourth-order valence-electron chi connectivity index (χ4n) is 14.0. The quantitative estimate of drug-likeness (QED) is 0.218. The molecule has 6 fully saturated rings. The summed E-state index contributed by atoms with van der Waals surface area (Å²) in [5, 5.41) is 38.0. The molecule has 7 rings (SSSR count). The molecule has 5 saturated carbocycles. The molecule has 0 radical (unpaired) electrons. The normalized spacial score (nSPS) is 44.8. The first-order valence-corrected chi connectivity index (χ1v) is 20.4. The monoisotopic (exact) mass is 737 g/mol. The average Bonchev–Trinajstić information content (AvgIpc) is 3.38. The molecule has 1 aromatic rings. The molecular formula is C44H67NO8. The zero-order chi connectivity index (χ0) is 38.8. The molecule has 1 aromatic carbocycles. The third-order valence-electron chi connectivity index (χ3n) is 16.3. The van der Waals surface area contributed by atoms with Gasteiger partial charge in [0.25, 0.3) is 0 Å². The Kier molecular flexibility index (Phi) is 9.14. The van der Waals surface area contributed by atoms with Gasteiger partial charge in [0.05, 0.1) is 29.5 Å². The fourth-order valence-corrected chi connectivity index (χ4v) is 14.0. The van der Waals surface area contributed by atoms with Crippen LogP contribution in [0.15, 0.2) is 30.3 Å². The minimum Gasteiger partial charge on any atom is -0.460 e. The maximum atomic E-state index is 14.0. The average molecular weight is 738 g/mol. The first-order valence-electron chi connectivity index (χ1n) is 20.4. The van der Waals surface area contributed by atoms with E-state index in [0.29, 0.717) is 19.3 Å². The van der Waals surface area contributed by atoms with Crippen molar-refractivity contribution in [3.8, 4) is 0 Å². The SMILES string of the molecule is CC(C)(C)OC(=O)N[C@@H](Cc1ccccc1)C(=O)O[C@H]1CC[C@]23CC24CC[C@]2(C)[C@@H]([C@@]5(C)CC[C@@H](C(C)(C)O)O5)[C@@H](O)C[C@@]2(C)C4C[C@H](O)[C@H]3C1(C)C. The van der Waals surface area contributed by atoms with E-state index >= 15 is 0 Å². The van der Waals surface area contributed by atoms with Crippen LogP contribution in [0.1, 0.15) is 133 Å². The molecule has 2 unspecified atom stereocenters. The van der Waals surface area contributed by atoms with Crippen molar-refractivity contribution in [3.05, 3.63) is 35.9 Å². The van der Waals surface area contributed by atoms with Crippen LogP contribution in [0.4, 0.5) is 4.79 Å². The fraction of sp³-hybridized carbons (Fsp3) is 0.818. The topological polar surface area (TPSA) is 135 Å². The van der Waals surface area contributed by atoms with Gasteiger partial charge in [-0.25, -0.2) is 9.59 Å². The first-order chi connectivity index (χ1) is 24.4. The van der Waals surface area contributed by atoms with Gasteiger partial charge in [-0.15, -0.1) is 0 Å². The van der Waals surface area contributed by atoms with E-state index in [4.69, 9.17) is 14.2 Å². The van der Waals surface area contributed by atoms with Gasteiger partial charge in [-0.1, -0.05) is 58.0 Å². The Morgan fingerprint density at radius 1 is 0.887 bits per heavy atom. The van der Waals surface area contributed by atoms with Crippen molar-refractivity contribution in [1.29, 1.82) is 0 Å². The van der Waals surface area contributed by atoms with Crippen molar-refractivity contribution >= 4 is 12.1 Å². The number of carbonyl (C=O) groups is 2. The Morgan fingerprint density at radius 2 is 1.57 bits per heavy atom. The number of aliphatic hydroxyl groups is 3. The number of nitrogens with one attached hydrogen (secondary N) is 1. The third-order valence-corrected chi connectivity index (χ3v) is 16.3. The minimum atomic E-state index is -0.942. The highest BCUT2D eigenvalue weighted by molar-refractivity contribution is 5.82. The van der Waals surface area contributed by atoms with E-state index in [2.05, 4.69) is 39.9 Å². The highest BCUT2D eigenvalue weighted by Gasteiger charge is 2.85. The van der Waals surface area contributed by atoms with Crippen LogP contribution in [0.5, 0.6) is 0 Å². The Labute approximate surface area is 317 Å². The molecule has 0 aromatic heterocycles. The number of hydrogen-bond donors (Lipinski definition) is 4. The molecule has 53 heavy (non-hydrogen) atoms. The molecule has 4 N–H and O–H groups in total. The molecule has 2 spiro atoms. The molecule has 1 heterocycles. The molecule has 13 atom stereocenters. The van der Waals surface area contributed by atoms with Crippen LogP contribution in [0.3, 0.4) is 0 Å². The van der Waals surface area contributed by atoms with E-state index in [0.717, 1.165) is 44.1 Å². The van der Waals surface area contributed by atoms with E-state index < -0.39 is 58.6 Å². The number of alkyl carbamates (subject to hydrolysis) is 1. The lowest BCUT2D eigenvalue weighted by molar-refractivity contribution is -0.218. The number of carbonyl (C=O) groups excluding carboxylic acids is 2. The molecule has 5 aliphatic carbocycles. The highest BCUT2D eigenvalue weighted by atomic mass is 16.6. The summed E-state index contributed by atoms with van der Waals surface area (Å²) in [5.74, 6) is -0.316. The second kappa shape index (κ2) is 12.4. The van der Waals surface area contributed by atoms with Gasteiger partial charge in [-0.2, -0.15) is 0 Å². The smallest absolute Gasteiger partial charge is 0.408 e. The van der Waals surface area contributed by atoms with Crippen LogP contribution in [-0.4, -0.2) is 74.6 Å². The number of ether oxygens (including phenoxy) is 3. The Morgan fingerprint density at radius 3 is 2.19 bits per heavy atom. The predicted molar refractivity (Wildman–Crippen MR) is 202 cm³/mol. The van der Waals surface area contributed by atoms with Crippen LogP contribution in [0.2, 0.25) is 0 Å². The summed E-state index contributed by atoms with van der Waals surface area (Å²) in [4.78, 5) is 26.9. The second-order valence-corrected chi connectivity index (χ2v) is 21.2. The Bertz CT molecular complexity index is 1580. The summed E-state index contributed by atoms with van der Waals surface area (Å²) >= 11 is 0. The lowest BCUT2D eigenvalue weighted by Crippen LogP contribution is -2.62. The first kappa shape index (κ1) is 39.1. The summed E-state index contributed by atoms with van der Waals surface area (Å²) in [7, 11) is 0. The second-order valence-electron chi connectivity index (χ2n) is 21.2. The molecule has 6 aliphatic rings. The van der Waals surface area contributed by atoms with Gasteiger partial charge >= 0.3 is 12.1 Å². The maximum Gasteiger partial charge on any atom is 0.408 e. The summed E-state index contributed by atoms with van der Waals surface area (Å²) in [6.45, 7) is 20.3. The van der Waals surface area contributed by atoms with Crippen molar-refractivity contribution in [2.45, 2.75) is 181 Å². The molecule has 9 heteroatoms. The summed E-state index contributed by atoms with van der Waals surface area (Å²) < 4.78 is 18.7. The van der Waals surface area contributed by atoms with Crippen LogP contribution in [0.25, 0.3) is 0 Å². The number of fused-ring (bicyclic) bond motifs is 2.